The summed E-state index contributed by atoms with van der Waals surface area (Å²) in [5.41, 5.74) is 3.38. The molecule has 0 bridgehead atoms. The van der Waals surface area contributed by atoms with Gasteiger partial charge in [0.05, 0.1) is 16.7 Å². The molecule has 3 aromatic carbocycles. The van der Waals surface area contributed by atoms with Crippen LogP contribution in [0.4, 0.5) is 8.78 Å². The molecular formula is C27H22F2N4O2. The molecule has 0 amide bonds. The SMILES string of the molecule is CC(C)Cn1c(-c2c([O-])on[n+]2-c2ccccc2)nc(-c2ccc(F)cc2)c1-c1ccc(F)cc1. The Morgan fingerprint density at radius 1 is 0.886 bits per heavy atom. The number of rotatable bonds is 6. The molecule has 0 N–H and O–H groups in total. The molecule has 0 aliphatic rings. The maximum atomic E-state index is 13.8. The molecule has 0 spiro atoms. The van der Waals surface area contributed by atoms with E-state index in [2.05, 4.69) is 5.27 Å². The van der Waals surface area contributed by atoms with E-state index >= 15 is 0 Å². The van der Waals surface area contributed by atoms with Crippen LogP contribution in [0.5, 0.6) is 5.95 Å². The van der Waals surface area contributed by atoms with Gasteiger partial charge in [0.1, 0.15) is 11.6 Å². The van der Waals surface area contributed by atoms with Crippen LogP contribution in [0.15, 0.2) is 83.4 Å². The molecule has 0 aliphatic carbocycles. The second kappa shape index (κ2) is 9.13. The zero-order valence-corrected chi connectivity index (χ0v) is 19.2. The van der Waals surface area contributed by atoms with Gasteiger partial charge in [-0.2, -0.15) is 0 Å². The highest BCUT2D eigenvalue weighted by molar-refractivity contribution is 5.81. The molecule has 5 rings (SSSR count). The van der Waals surface area contributed by atoms with Crippen molar-refractivity contribution in [1.29, 1.82) is 0 Å². The van der Waals surface area contributed by atoms with Crippen molar-refractivity contribution in [2.75, 3.05) is 0 Å². The van der Waals surface area contributed by atoms with Crippen molar-refractivity contribution >= 4 is 0 Å². The molecule has 0 atom stereocenters. The number of imidazole rings is 1. The van der Waals surface area contributed by atoms with Crippen molar-refractivity contribution in [1.82, 2.24) is 14.8 Å². The molecule has 5 aromatic rings. The van der Waals surface area contributed by atoms with E-state index in [0.29, 0.717) is 40.6 Å². The van der Waals surface area contributed by atoms with Crippen LogP contribution in [0.2, 0.25) is 0 Å². The first-order chi connectivity index (χ1) is 16.9. The number of benzene rings is 3. The quantitative estimate of drug-likeness (QED) is 0.320. The largest absolute Gasteiger partial charge is 0.539 e. The third kappa shape index (κ3) is 4.30. The van der Waals surface area contributed by atoms with Gasteiger partial charge in [-0.05, 0) is 59.1 Å². The van der Waals surface area contributed by atoms with Gasteiger partial charge in [0.25, 0.3) is 0 Å². The highest BCUT2D eigenvalue weighted by atomic mass is 19.1. The summed E-state index contributed by atoms with van der Waals surface area (Å²) in [7, 11) is 0. The number of halogens is 2. The van der Waals surface area contributed by atoms with Gasteiger partial charge in [0.2, 0.25) is 11.5 Å². The van der Waals surface area contributed by atoms with Crippen molar-refractivity contribution in [2.24, 2.45) is 5.92 Å². The van der Waals surface area contributed by atoms with Crippen LogP contribution >= 0.6 is 0 Å². The number of aromatic nitrogens is 4. The molecule has 0 unspecified atom stereocenters. The van der Waals surface area contributed by atoms with Crippen molar-refractivity contribution in [3.8, 4) is 45.7 Å². The summed E-state index contributed by atoms with van der Waals surface area (Å²) < 4.78 is 35.9. The van der Waals surface area contributed by atoms with Gasteiger partial charge in [-0.25, -0.2) is 13.8 Å². The summed E-state index contributed by atoms with van der Waals surface area (Å²) in [4.78, 5) is 4.88. The fourth-order valence-electron chi connectivity index (χ4n) is 4.07. The zero-order chi connectivity index (χ0) is 24.5. The van der Waals surface area contributed by atoms with Crippen LogP contribution in [0.25, 0.3) is 39.7 Å². The van der Waals surface area contributed by atoms with Crippen LogP contribution in [0, 0.1) is 17.6 Å². The zero-order valence-electron chi connectivity index (χ0n) is 19.2. The maximum absolute atomic E-state index is 13.8. The first-order valence-corrected chi connectivity index (χ1v) is 11.2. The van der Waals surface area contributed by atoms with E-state index in [1.165, 1.54) is 28.9 Å². The minimum atomic E-state index is -0.639. The van der Waals surface area contributed by atoms with E-state index in [0.717, 1.165) is 0 Å². The number of para-hydroxylation sites is 1. The highest BCUT2D eigenvalue weighted by Gasteiger charge is 2.31. The van der Waals surface area contributed by atoms with Crippen LogP contribution in [-0.2, 0) is 6.54 Å². The summed E-state index contributed by atoms with van der Waals surface area (Å²) in [6, 6.07) is 21.2. The lowest BCUT2D eigenvalue weighted by molar-refractivity contribution is -0.660. The average molecular weight is 472 g/mol. The summed E-state index contributed by atoms with van der Waals surface area (Å²) in [5, 5.41) is 16.9. The summed E-state index contributed by atoms with van der Waals surface area (Å²) >= 11 is 0. The second-order valence-corrected chi connectivity index (χ2v) is 8.61. The van der Waals surface area contributed by atoms with E-state index in [1.807, 2.05) is 48.7 Å². The Balaban J connectivity index is 1.83. The second-order valence-electron chi connectivity index (χ2n) is 8.61. The monoisotopic (exact) mass is 472 g/mol. The van der Waals surface area contributed by atoms with Crippen LogP contribution in [0.1, 0.15) is 13.8 Å². The standard InChI is InChI=1S/C27H22F2N4O2/c1-17(2)16-32-24(19-10-14-21(29)15-11-19)23(18-8-12-20(28)13-9-18)30-26(32)25-27(34)35-31-33(25)22-6-4-3-5-7-22/h3-15,17H,16H2,1-2H3. The lowest BCUT2D eigenvalue weighted by Gasteiger charge is -2.14. The average Bonchev–Trinajstić information content (AvgIpc) is 3.40. The van der Waals surface area contributed by atoms with Gasteiger partial charge in [-0.1, -0.05) is 32.0 Å². The van der Waals surface area contributed by atoms with Gasteiger partial charge in [0, 0.05) is 29.8 Å². The maximum Gasteiger partial charge on any atom is 0.306 e. The molecule has 0 fully saturated rings. The molecule has 0 saturated heterocycles. The van der Waals surface area contributed by atoms with Crippen LogP contribution in [0.3, 0.4) is 0 Å². The normalized spacial score (nSPS) is 11.3. The summed E-state index contributed by atoms with van der Waals surface area (Å²) in [6.07, 6.45) is 0. The Labute approximate surface area is 200 Å². The van der Waals surface area contributed by atoms with E-state index in [-0.39, 0.29) is 23.2 Å². The predicted octanol–water partition coefficient (Wildman–Crippen LogP) is 5.16. The molecule has 0 radical (unpaired) electrons. The molecule has 0 saturated carbocycles. The molecule has 8 heteroatoms. The molecule has 6 nitrogen and oxygen atoms in total. The lowest BCUT2D eigenvalue weighted by atomic mass is 10.0. The van der Waals surface area contributed by atoms with Gasteiger partial charge in [-0.15, -0.1) is 0 Å². The smallest absolute Gasteiger partial charge is 0.306 e. The van der Waals surface area contributed by atoms with Gasteiger partial charge < -0.3 is 14.2 Å². The Bertz CT molecular complexity index is 1460. The lowest BCUT2D eigenvalue weighted by Crippen LogP contribution is -2.35. The first kappa shape index (κ1) is 22.5. The highest BCUT2D eigenvalue weighted by Crippen LogP contribution is 2.38. The predicted molar refractivity (Wildman–Crippen MR) is 124 cm³/mol. The topological polar surface area (TPSA) is 70.8 Å². The number of hydrogen-bond acceptors (Lipinski definition) is 4. The third-order valence-corrected chi connectivity index (χ3v) is 5.57. The Morgan fingerprint density at radius 3 is 2.09 bits per heavy atom. The van der Waals surface area contributed by atoms with Crippen LogP contribution in [-0.4, -0.2) is 14.8 Å². The summed E-state index contributed by atoms with van der Waals surface area (Å²) in [5.74, 6) is -0.840. The fourth-order valence-corrected chi connectivity index (χ4v) is 4.07. The first-order valence-electron chi connectivity index (χ1n) is 11.2. The Hall–Kier alpha value is -4.33. The molecule has 2 aromatic heterocycles. The Kier molecular flexibility index (Phi) is 5.86. The third-order valence-electron chi connectivity index (χ3n) is 5.57. The van der Waals surface area contributed by atoms with Crippen LogP contribution < -0.4 is 9.79 Å². The molecule has 2 heterocycles. The van der Waals surface area contributed by atoms with E-state index < -0.39 is 5.95 Å². The van der Waals surface area contributed by atoms with Gasteiger partial charge in [0.15, 0.2) is 5.95 Å². The van der Waals surface area contributed by atoms with Crippen molar-refractivity contribution in [3.05, 3.63) is 90.5 Å². The van der Waals surface area contributed by atoms with Crippen molar-refractivity contribution in [3.63, 3.8) is 0 Å². The molecular weight excluding hydrogens is 450 g/mol. The van der Waals surface area contributed by atoms with Crippen molar-refractivity contribution < 1.29 is 23.1 Å². The Morgan fingerprint density at radius 2 is 1.49 bits per heavy atom. The van der Waals surface area contributed by atoms with Crippen molar-refractivity contribution in [2.45, 2.75) is 20.4 Å². The fraction of sp³-hybridized carbons (Fsp3) is 0.148. The van der Waals surface area contributed by atoms with Gasteiger partial charge in [-0.3, -0.25) is 0 Å². The summed E-state index contributed by atoms with van der Waals surface area (Å²) in [6.45, 7) is 4.61. The molecule has 176 valence electrons. The van der Waals surface area contributed by atoms with Gasteiger partial charge >= 0.3 is 5.69 Å². The van der Waals surface area contributed by atoms with E-state index in [1.54, 1.807) is 24.3 Å². The van der Waals surface area contributed by atoms with E-state index in [9.17, 15) is 13.9 Å². The number of hydrogen-bond donors (Lipinski definition) is 0. The van der Waals surface area contributed by atoms with E-state index in [4.69, 9.17) is 9.51 Å². The molecule has 35 heavy (non-hydrogen) atoms. The molecule has 0 aliphatic heterocycles. The minimum absolute atomic E-state index is 0.161. The number of nitrogens with zero attached hydrogens (tertiary/aromatic N) is 4. The minimum Gasteiger partial charge on any atom is -0.539 e.